The van der Waals surface area contributed by atoms with Crippen LogP contribution in [0.5, 0.6) is 0 Å². The van der Waals surface area contributed by atoms with Crippen molar-refractivity contribution in [1.82, 2.24) is 10.2 Å². The smallest absolute Gasteiger partial charge is 0.0480 e. The van der Waals surface area contributed by atoms with Gasteiger partial charge in [-0.2, -0.15) is 0 Å². The van der Waals surface area contributed by atoms with Gasteiger partial charge >= 0.3 is 0 Å². The Morgan fingerprint density at radius 3 is 2.30 bits per heavy atom. The van der Waals surface area contributed by atoms with Gasteiger partial charge in [0.05, 0.1) is 0 Å². The molecule has 2 aliphatic heterocycles. The highest BCUT2D eigenvalue weighted by Gasteiger charge is 2.35. The normalized spacial score (nSPS) is 24.4. The van der Waals surface area contributed by atoms with E-state index in [1.165, 1.54) is 32.2 Å². The van der Waals surface area contributed by atoms with Crippen molar-refractivity contribution in [3.8, 4) is 0 Å². The predicted molar refractivity (Wildman–Crippen MR) is 82.1 cm³/mol. The molecule has 4 nitrogen and oxygen atoms in total. The van der Waals surface area contributed by atoms with Crippen molar-refractivity contribution < 1.29 is 9.47 Å². The quantitative estimate of drug-likeness (QED) is 0.807. The van der Waals surface area contributed by atoms with E-state index in [2.05, 4.69) is 31.1 Å². The zero-order valence-electron chi connectivity index (χ0n) is 13.5. The summed E-state index contributed by atoms with van der Waals surface area (Å²) in [6.45, 7) is 10.4. The average molecular weight is 284 g/mol. The van der Waals surface area contributed by atoms with Crippen molar-refractivity contribution in [2.75, 3.05) is 46.6 Å². The number of hydrogen-bond donors (Lipinski definition) is 1. The highest BCUT2D eigenvalue weighted by Crippen LogP contribution is 2.32. The molecule has 0 aromatic heterocycles. The van der Waals surface area contributed by atoms with Gasteiger partial charge in [0.15, 0.2) is 0 Å². The fourth-order valence-corrected chi connectivity index (χ4v) is 3.40. The molecule has 0 aromatic carbocycles. The van der Waals surface area contributed by atoms with E-state index in [0.29, 0.717) is 17.5 Å². The van der Waals surface area contributed by atoms with Gasteiger partial charge in [-0.05, 0) is 38.1 Å². The molecule has 0 saturated carbocycles. The Bertz CT molecular complexity index is 272. The minimum Gasteiger partial charge on any atom is -0.381 e. The standard InChI is InChI=1S/C16H32N2O2/c1-14(2)17-12-16(6-10-20-11-7-16)13-18(3)15-4-8-19-9-5-15/h14-15,17H,4-13H2,1-3H3. The summed E-state index contributed by atoms with van der Waals surface area (Å²) in [5.41, 5.74) is 0.384. The van der Waals surface area contributed by atoms with E-state index in [1.807, 2.05) is 0 Å². The highest BCUT2D eigenvalue weighted by atomic mass is 16.5. The molecule has 2 rings (SSSR count). The van der Waals surface area contributed by atoms with Crippen LogP contribution < -0.4 is 5.32 Å². The van der Waals surface area contributed by atoms with Crippen LogP contribution in [0, 0.1) is 5.41 Å². The van der Waals surface area contributed by atoms with Crippen LogP contribution in [0.15, 0.2) is 0 Å². The monoisotopic (exact) mass is 284 g/mol. The third-order valence-corrected chi connectivity index (χ3v) is 4.84. The first-order valence-electron chi connectivity index (χ1n) is 8.20. The van der Waals surface area contributed by atoms with Crippen LogP contribution in [0.4, 0.5) is 0 Å². The first-order valence-corrected chi connectivity index (χ1v) is 8.20. The first-order chi connectivity index (χ1) is 9.61. The molecule has 118 valence electrons. The van der Waals surface area contributed by atoms with Gasteiger partial charge in [0.25, 0.3) is 0 Å². The topological polar surface area (TPSA) is 33.7 Å². The Kier molecular flexibility index (Phi) is 6.27. The van der Waals surface area contributed by atoms with Gasteiger partial charge in [0.1, 0.15) is 0 Å². The summed E-state index contributed by atoms with van der Waals surface area (Å²) in [7, 11) is 2.29. The molecule has 2 saturated heterocycles. The summed E-state index contributed by atoms with van der Waals surface area (Å²) < 4.78 is 11.1. The maximum Gasteiger partial charge on any atom is 0.0480 e. The van der Waals surface area contributed by atoms with Crippen LogP contribution in [0.25, 0.3) is 0 Å². The molecule has 0 aliphatic carbocycles. The van der Waals surface area contributed by atoms with Crippen molar-refractivity contribution in [3.05, 3.63) is 0 Å². The molecule has 1 N–H and O–H groups in total. The lowest BCUT2D eigenvalue weighted by Crippen LogP contribution is -2.50. The Hall–Kier alpha value is -0.160. The van der Waals surface area contributed by atoms with Crippen molar-refractivity contribution in [2.45, 2.75) is 51.6 Å². The molecule has 2 heterocycles. The molecule has 0 bridgehead atoms. The largest absolute Gasteiger partial charge is 0.381 e. The lowest BCUT2D eigenvalue weighted by molar-refractivity contribution is -0.0214. The molecule has 0 amide bonds. The van der Waals surface area contributed by atoms with Gasteiger partial charge < -0.3 is 19.7 Å². The summed E-state index contributed by atoms with van der Waals surface area (Å²) in [4.78, 5) is 2.58. The highest BCUT2D eigenvalue weighted by molar-refractivity contribution is 4.89. The fourth-order valence-electron chi connectivity index (χ4n) is 3.40. The molecule has 2 fully saturated rings. The lowest BCUT2D eigenvalue weighted by Gasteiger charge is -2.43. The molecule has 2 aliphatic rings. The van der Waals surface area contributed by atoms with Gasteiger partial charge in [0, 0.05) is 51.6 Å². The van der Waals surface area contributed by atoms with Gasteiger partial charge in [-0.1, -0.05) is 13.8 Å². The number of rotatable bonds is 6. The molecule has 0 radical (unpaired) electrons. The minimum absolute atomic E-state index is 0.384. The second-order valence-corrected chi connectivity index (χ2v) is 6.91. The fraction of sp³-hybridized carbons (Fsp3) is 1.00. The van der Waals surface area contributed by atoms with Crippen LogP contribution in [-0.2, 0) is 9.47 Å². The van der Waals surface area contributed by atoms with Gasteiger partial charge in [0.2, 0.25) is 0 Å². The lowest BCUT2D eigenvalue weighted by atomic mass is 9.79. The van der Waals surface area contributed by atoms with E-state index >= 15 is 0 Å². The number of ether oxygens (including phenoxy) is 2. The molecule has 0 atom stereocenters. The third kappa shape index (κ3) is 4.69. The number of nitrogens with one attached hydrogen (secondary N) is 1. The van der Waals surface area contributed by atoms with Crippen LogP contribution >= 0.6 is 0 Å². The molecular weight excluding hydrogens is 252 g/mol. The summed E-state index contributed by atoms with van der Waals surface area (Å²) in [6, 6.07) is 1.26. The van der Waals surface area contributed by atoms with E-state index in [-0.39, 0.29) is 0 Å². The van der Waals surface area contributed by atoms with E-state index in [9.17, 15) is 0 Å². The van der Waals surface area contributed by atoms with Gasteiger partial charge in [-0.3, -0.25) is 0 Å². The van der Waals surface area contributed by atoms with Crippen molar-refractivity contribution in [2.24, 2.45) is 5.41 Å². The molecule has 0 unspecified atom stereocenters. The van der Waals surface area contributed by atoms with Gasteiger partial charge in [-0.15, -0.1) is 0 Å². The molecular formula is C16H32N2O2. The third-order valence-electron chi connectivity index (χ3n) is 4.84. The zero-order valence-corrected chi connectivity index (χ0v) is 13.5. The number of nitrogens with zero attached hydrogens (tertiary/aromatic N) is 1. The summed E-state index contributed by atoms with van der Waals surface area (Å²) >= 11 is 0. The Labute approximate surface area is 124 Å². The van der Waals surface area contributed by atoms with Crippen LogP contribution in [-0.4, -0.2) is 63.5 Å². The van der Waals surface area contributed by atoms with E-state index in [0.717, 1.165) is 33.0 Å². The van der Waals surface area contributed by atoms with E-state index in [4.69, 9.17) is 9.47 Å². The summed E-state index contributed by atoms with van der Waals surface area (Å²) in [5.74, 6) is 0. The Balaban J connectivity index is 1.91. The van der Waals surface area contributed by atoms with Gasteiger partial charge in [-0.25, -0.2) is 0 Å². The average Bonchev–Trinajstić information content (AvgIpc) is 2.47. The summed E-state index contributed by atoms with van der Waals surface area (Å²) in [5, 5.41) is 3.66. The molecule has 0 aromatic rings. The second-order valence-electron chi connectivity index (χ2n) is 6.91. The molecule has 20 heavy (non-hydrogen) atoms. The van der Waals surface area contributed by atoms with Crippen LogP contribution in [0.1, 0.15) is 39.5 Å². The Morgan fingerprint density at radius 1 is 1.10 bits per heavy atom. The predicted octanol–water partition coefficient (Wildman–Crippen LogP) is 1.89. The van der Waals surface area contributed by atoms with Crippen molar-refractivity contribution in [3.63, 3.8) is 0 Å². The van der Waals surface area contributed by atoms with E-state index < -0.39 is 0 Å². The second kappa shape index (κ2) is 7.74. The molecule has 4 heteroatoms. The minimum atomic E-state index is 0.384. The maximum absolute atomic E-state index is 5.59. The SMILES string of the molecule is CC(C)NCC1(CN(C)C2CCOCC2)CCOCC1. The molecule has 0 spiro atoms. The van der Waals surface area contributed by atoms with Crippen molar-refractivity contribution in [1.29, 1.82) is 0 Å². The Morgan fingerprint density at radius 2 is 1.70 bits per heavy atom. The maximum atomic E-state index is 5.59. The van der Waals surface area contributed by atoms with Crippen LogP contribution in [0.3, 0.4) is 0 Å². The zero-order chi connectivity index (χ0) is 14.4. The first kappa shape index (κ1) is 16.2. The number of hydrogen-bond acceptors (Lipinski definition) is 4. The van der Waals surface area contributed by atoms with E-state index in [1.54, 1.807) is 0 Å². The van der Waals surface area contributed by atoms with Crippen molar-refractivity contribution >= 4 is 0 Å². The summed E-state index contributed by atoms with van der Waals surface area (Å²) in [6.07, 6.45) is 4.72. The van der Waals surface area contributed by atoms with Crippen LogP contribution in [0.2, 0.25) is 0 Å².